The Morgan fingerprint density at radius 2 is 2.22 bits per heavy atom. The van der Waals surface area contributed by atoms with E-state index in [0.29, 0.717) is 6.42 Å². The smallest absolute Gasteiger partial charge is 0.131 e. The zero-order chi connectivity index (χ0) is 7.28. The normalized spacial score (nSPS) is 13.2. The van der Waals surface area contributed by atoms with E-state index in [-0.39, 0.29) is 11.8 Å². The van der Waals surface area contributed by atoms with Crippen molar-refractivity contribution in [2.24, 2.45) is 5.73 Å². The third-order valence-electron chi connectivity index (χ3n) is 1.21. The number of hydrogen-bond donors (Lipinski definition) is 1. The fourth-order valence-corrected chi connectivity index (χ4v) is 0.842. The van der Waals surface area contributed by atoms with E-state index in [0.717, 1.165) is 12.8 Å². The van der Waals surface area contributed by atoms with Crippen LogP contribution >= 0.6 is 0 Å². The number of ketones is 1. The molecule has 0 heterocycles. The highest BCUT2D eigenvalue weighted by atomic mass is 16.1. The Morgan fingerprint density at radius 1 is 1.67 bits per heavy atom. The topological polar surface area (TPSA) is 43.1 Å². The molecule has 0 aliphatic rings. The van der Waals surface area contributed by atoms with E-state index < -0.39 is 0 Å². The van der Waals surface area contributed by atoms with Gasteiger partial charge in [-0.1, -0.05) is 13.3 Å². The molecule has 0 aromatic carbocycles. The molecule has 0 fully saturated rings. The minimum absolute atomic E-state index is 0.0903. The summed E-state index contributed by atoms with van der Waals surface area (Å²) in [6.45, 7) is 3.65. The average molecular weight is 129 g/mol. The summed E-state index contributed by atoms with van der Waals surface area (Å²) in [4.78, 5) is 10.4. The van der Waals surface area contributed by atoms with E-state index >= 15 is 0 Å². The van der Waals surface area contributed by atoms with Crippen LogP contribution in [-0.2, 0) is 4.79 Å². The molecule has 0 radical (unpaired) electrons. The van der Waals surface area contributed by atoms with Gasteiger partial charge in [0.25, 0.3) is 0 Å². The van der Waals surface area contributed by atoms with Crippen molar-refractivity contribution in [1.29, 1.82) is 0 Å². The Bertz CT molecular complexity index is 90.9. The second kappa shape index (κ2) is 4.50. The highest BCUT2D eigenvalue weighted by Crippen LogP contribution is 1.97. The van der Waals surface area contributed by atoms with Gasteiger partial charge < -0.3 is 5.73 Å². The molecule has 0 aromatic rings. The molecule has 2 nitrogen and oxygen atoms in total. The second-order valence-electron chi connectivity index (χ2n) is 2.45. The maximum absolute atomic E-state index is 10.4. The molecule has 1 unspecified atom stereocenters. The van der Waals surface area contributed by atoms with Gasteiger partial charge in [0.1, 0.15) is 5.78 Å². The van der Waals surface area contributed by atoms with E-state index in [1.54, 1.807) is 6.92 Å². The van der Waals surface area contributed by atoms with Gasteiger partial charge in [0.2, 0.25) is 0 Å². The Labute approximate surface area is 56.4 Å². The molecule has 9 heavy (non-hydrogen) atoms. The highest BCUT2D eigenvalue weighted by molar-refractivity contribution is 5.76. The Kier molecular flexibility index (Phi) is 4.32. The van der Waals surface area contributed by atoms with Crippen LogP contribution in [0.3, 0.4) is 0 Å². The summed E-state index contributed by atoms with van der Waals surface area (Å²) in [6, 6.07) is 0.0903. The molecule has 2 heteroatoms. The van der Waals surface area contributed by atoms with Crippen LogP contribution in [0.4, 0.5) is 0 Å². The fraction of sp³-hybridized carbons (Fsp3) is 0.857. The van der Waals surface area contributed by atoms with Crippen molar-refractivity contribution in [2.75, 3.05) is 0 Å². The van der Waals surface area contributed by atoms with Crippen molar-refractivity contribution < 1.29 is 4.79 Å². The first kappa shape index (κ1) is 8.63. The van der Waals surface area contributed by atoms with Gasteiger partial charge in [0, 0.05) is 12.5 Å². The summed E-state index contributed by atoms with van der Waals surface area (Å²) in [7, 11) is 0. The van der Waals surface area contributed by atoms with E-state index in [4.69, 9.17) is 5.73 Å². The van der Waals surface area contributed by atoms with E-state index in [1.807, 2.05) is 0 Å². The van der Waals surface area contributed by atoms with E-state index in [9.17, 15) is 4.79 Å². The lowest BCUT2D eigenvalue weighted by molar-refractivity contribution is -0.117. The number of carbonyl (C=O) groups is 1. The monoisotopic (exact) mass is 129 g/mol. The predicted molar refractivity (Wildman–Crippen MR) is 38.2 cm³/mol. The third-order valence-corrected chi connectivity index (χ3v) is 1.21. The van der Waals surface area contributed by atoms with Crippen molar-refractivity contribution in [3.05, 3.63) is 0 Å². The summed E-state index contributed by atoms with van der Waals surface area (Å²) in [6.07, 6.45) is 2.56. The number of Topliss-reactive ketones (excluding diaryl/α,β-unsaturated/α-hetero) is 1. The lowest BCUT2D eigenvalue weighted by Gasteiger charge is -2.05. The first-order valence-corrected chi connectivity index (χ1v) is 3.41. The van der Waals surface area contributed by atoms with Gasteiger partial charge in [-0.3, -0.25) is 4.79 Å². The molecule has 0 bridgehead atoms. The molecular formula is C7H15NO. The van der Waals surface area contributed by atoms with Crippen LogP contribution in [0.15, 0.2) is 0 Å². The molecular weight excluding hydrogens is 114 g/mol. The van der Waals surface area contributed by atoms with Crippen molar-refractivity contribution in [1.82, 2.24) is 0 Å². The van der Waals surface area contributed by atoms with Gasteiger partial charge in [0.15, 0.2) is 0 Å². The van der Waals surface area contributed by atoms with Crippen LogP contribution in [-0.4, -0.2) is 11.8 Å². The van der Waals surface area contributed by atoms with Gasteiger partial charge in [-0.15, -0.1) is 0 Å². The first-order valence-electron chi connectivity index (χ1n) is 3.41. The number of nitrogens with two attached hydrogens (primary N) is 1. The van der Waals surface area contributed by atoms with Crippen molar-refractivity contribution in [3.63, 3.8) is 0 Å². The first-order chi connectivity index (χ1) is 4.16. The van der Waals surface area contributed by atoms with Gasteiger partial charge in [0.05, 0.1) is 0 Å². The lowest BCUT2D eigenvalue weighted by Crippen LogP contribution is -2.22. The molecule has 0 saturated carbocycles. The largest absolute Gasteiger partial charge is 0.327 e. The Hall–Kier alpha value is -0.370. The fourth-order valence-electron chi connectivity index (χ4n) is 0.842. The number of hydrogen-bond acceptors (Lipinski definition) is 2. The van der Waals surface area contributed by atoms with E-state index in [1.165, 1.54) is 0 Å². The standard InChI is InChI=1S/C7H15NO/c1-3-4-7(8)5-6(2)9/h7H,3-5,8H2,1-2H3. The highest BCUT2D eigenvalue weighted by Gasteiger charge is 2.02. The summed E-state index contributed by atoms with van der Waals surface area (Å²) in [5.41, 5.74) is 5.56. The van der Waals surface area contributed by atoms with Crippen LogP contribution in [0.25, 0.3) is 0 Å². The minimum atomic E-state index is 0.0903. The van der Waals surface area contributed by atoms with Crippen LogP contribution in [0, 0.1) is 0 Å². The maximum atomic E-state index is 10.4. The summed E-state index contributed by atoms with van der Waals surface area (Å²) >= 11 is 0. The van der Waals surface area contributed by atoms with Crippen LogP contribution in [0.5, 0.6) is 0 Å². The van der Waals surface area contributed by atoms with Gasteiger partial charge >= 0.3 is 0 Å². The van der Waals surface area contributed by atoms with Gasteiger partial charge in [-0.25, -0.2) is 0 Å². The quantitative estimate of drug-likeness (QED) is 0.617. The van der Waals surface area contributed by atoms with Crippen molar-refractivity contribution >= 4 is 5.78 Å². The molecule has 54 valence electrons. The zero-order valence-electron chi connectivity index (χ0n) is 6.18. The van der Waals surface area contributed by atoms with Gasteiger partial charge in [-0.05, 0) is 13.3 Å². The molecule has 0 saturated heterocycles. The molecule has 0 aromatic heterocycles. The Morgan fingerprint density at radius 3 is 2.56 bits per heavy atom. The SMILES string of the molecule is CCCC(N)CC(C)=O. The minimum Gasteiger partial charge on any atom is -0.327 e. The van der Waals surface area contributed by atoms with Crippen LogP contribution in [0.2, 0.25) is 0 Å². The maximum Gasteiger partial charge on any atom is 0.131 e. The summed E-state index contributed by atoms with van der Waals surface area (Å²) in [5, 5.41) is 0. The van der Waals surface area contributed by atoms with Gasteiger partial charge in [-0.2, -0.15) is 0 Å². The molecule has 0 amide bonds. The van der Waals surface area contributed by atoms with Crippen LogP contribution in [0.1, 0.15) is 33.1 Å². The number of rotatable bonds is 4. The molecule has 0 spiro atoms. The molecule has 0 aliphatic heterocycles. The molecule has 0 aliphatic carbocycles. The molecule has 2 N–H and O–H groups in total. The average Bonchev–Trinajstić information content (AvgIpc) is 1.63. The lowest BCUT2D eigenvalue weighted by atomic mass is 10.1. The third kappa shape index (κ3) is 5.50. The number of carbonyl (C=O) groups excluding carboxylic acids is 1. The Balaban J connectivity index is 3.26. The van der Waals surface area contributed by atoms with Crippen LogP contribution < -0.4 is 5.73 Å². The summed E-state index contributed by atoms with van der Waals surface area (Å²) in [5.74, 6) is 0.191. The van der Waals surface area contributed by atoms with Crippen molar-refractivity contribution in [2.45, 2.75) is 39.2 Å². The molecule has 0 rings (SSSR count). The molecule has 1 atom stereocenters. The second-order valence-corrected chi connectivity index (χ2v) is 2.45. The van der Waals surface area contributed by atoms with Crippen molar-refractivity contribution in [3.8, 4) is 0 Å². The summed E-state index contributed by atoms with van der Waals surface area (Å²) < 4.78 is 0. The van der Waals surface area contributed by atoms with E-state index in [2.05, 4.69) is 6.92 Å². The zero-order valence-corrected chi connectivity index (χ0v) is 6.18. The predicted octanol–water partition coefficient (Wildman–Crippen LogP) is 1.09.